The Labute approximate surface area is 145 Å². The number of nitrogens with zero attached hydrogens (tertiary/aromatic N) is 1. The number of hydrogen-bond donors (Lipinski definition) is 2. The predicted molar refractivity (Wildman–Crippen MR) is 101 cm³/mol. The van der Waals surface area contributed by atoms with Gasteiger partial charge in [-0.25, -0.2) is 0 Å². The Balaban J connectivity index is 3.38. The van der Waals surface area contributed by atoms with Crippen LogP contribution in [-0.2, 0) is 0 Å². The molecule has 0 heterocycles. The minimum absolute atomic E-state index is 0.314. The molecule has 0 aromatic heterocycles. The zero-order chi connectivity index (χ0) is 17.3. The van der Waals surface area contributed by atoms with Crippen molar-refractivity contribution in [2.45, 2.75) is 110 Å². The Kier molecular flexibility index (Phi) is 16.6. The van der Waals surface area contributed by atoms with Gasteiger partial charge in [-0.15, -0.1) is 0 Å². The fourth-order valence-electron chi connectivity index (χ4n) is 3.18. The molecule has 3 heteroatoms. The average Bonchev–Trinajstić information content (AvgIpc) is 2.47. The van der Waals surface area contributed by atoms with Crippen LogP contribution < -0.4 is 0 Å². The summed E-state index contributed by atoms with van der Waals surface area (Å²) in [7, 11) is 0. The average molecular weight is 330 g/mol. The predicted octanol–water partition coefficient (Wildman–Crippen LogP) is 4.75. The fourth-order valence-corrected chi connectivity index (χ4v) is 3.18. The van der Waals surface area contributed by atoms with Gasteiger partial charge < -0.3 is 10.2 Å². The Hall–Kier alpha value is -0.120. The highest BCUT2D eigenvalue weighted by Gasteiger charge is 2.10. The van der Waals surface area contributed by atoms with E-state index in [1.165, 1.54) is 77.0 Å². The van der Waals surface area contributed by atoms with E-state index in [-0.39, 0.29) is 12.2 Å². The van der Waals surface area contributed by atoms with Gasteiger partial charge in [0.2, 0.25) is 0 Å². The van der Waals surface area contributed by atoms with Crippen molar-refractivity contribution in [3.63, 3.8) is 0 Å². The largest absolute Gasteiger partial charge is 0.392 e. The Morgan fingerprint density at radius 1 is 0.609 bits per heavy atom. The van der Waals surface area contributed by atoms with E-state index < -0.39 is 0 Å². The molecule has 0 aliphatic rings. The zero-order valence-electron chi connectivity index (χ0n) is 16.1. The lowest BCUT2D eigenvalue weighted by Crippen LogP contribution is -2.36. The van der Waals surface area contributed by atoms with Crippen LogP contribution in [0.3, 0.4) is 0 Å². The summed E-state index contributed by atoms with van der Waals surface area (Å²) in [5.41, 5.74) is 0. The molecule has 2 N–H and O–H groups in total. The minimum atomic E-state index is -0.314. The van der Waals surface area contributed by atoms with Gasteiger partial charge in [0.25, 0.3) is 0 Å². The Morgan fingerprint density at radius 2 is 0.957 bits per heavy atom. The third-order valence-electron chi connectivity index (χ3n) is 4.37. The quantitative estimate of drug-likeness (QED) is 0.378. The summed E-state index contributed by atoms with van der Waals surface area (Å²) < 4.78 is 0. The molecule has 0 amide bonds. The van der Waals surface area contributed by atoms with E-state index >= 15 is 0 Å². The third kappa shape index (κ3) is 18.1. The van der Waals surface area contributed by atoms with Crippen LogP contribution in [0.1, 0.15) is 97.8 Å². The molecule has 0 aliphatic carbocycles. The van der Waals surface area contributed by atoms with Crippen LogP contribution in [0.2, 0.25) is 0 Å². The highest BCUT2D eigenvalue weighted by Crippen LogP contribution is 2.12. The van der Waals surface area contributed by atoms with Crippen molar-refractivity contribution >= 4 is 0 Å². The van der Waals surface area contributed by atoms with E-state index in [4.69, 9.17) is 0 Å². The van der Waals surface area contributed by atoms with Crippen LogP contribution in [0.5, 0.6) is 0 Å². The molecule has 2 unspecified atom stereocenters. The van der Waals surface area contributed by atoms with E-state index in [9.17, 15) is 10.2 Å². The van der Waals surface area contributed by atoms with Gasteiger partial charge in [-0.05, 0) is 26.8 Å². The lowest BCUT2D eigenvalue weighted by Gasteiger charge is -2.24. The molecule has 0 fully saturated rings. The van der Waals surface area contributed by atoms with Crippen molar-refractivity contribution in [1.29, 1.82) is 0 Å². The molecule has 0 saturated carbocycles. The molecule has 0 aromatic rings. The second-order valence-corrected chi connectivity index (χ2v) is 7.35. The molecule has 0 saturated heterocycles. The first-order valence-electron chi connectivity index (χ1n) is 10.1. The summed E-state index contributed by atoms with van der Waals surface area (Å²) in [4.78, 5) is 2.19. The number of aliphatic hydroxyl groups is 2. The molecule has 3 nitrogen and oxygen atoms in total. The standard InChI is InChI=1S/C20H43NO2/c1-4-5-6-7-8-9-10-11-12-13-14-15-16-21(17-19(2)22)18-20(3)23/h19-20,22-23H,4-18H2,1-3H3. The van der Waals surface area contributed by atoms with Gasteiger partial charge in [-0.3, -0.25) is 4.90 Å². The van der Waals surface area contributed by atoms with Crippen LogP contribution in [0.25, 0.3) is 0 Å². The number of hydrogen-bond acceptors (Lipinski definition) is 3. The van der Waals surface area contributed by atoms with E-state index in [2.05, 4.69) is 11.8 Å². The smallest absolute Gasteiger partial charge is 0.0639 e. The van der Waals surface area contributed by atoms with E-state index in [1.807, 2.05) is 13.8 Å². The first kappa shape index (κ1) is 22.9. The maximum absolute atomic E-state index is 9.50. The first-order valence-corrected chi connectivity index (χ1v) is 10.1. The normalized spacial score (nSPS) is 14.3. The van der Waals surface area contributed by atoms with Crippen LogP contribution in [0, 0.1) is 0 Å². The van der Waals surface area contributed by atoms with Gasteiger partial charge in [0.05, 0.1) is 12.2 Å². The molecular formula is C20H43NO2. The second-order valence-electron chi connectivity index (χ2n) is 7.35. The summed E-state index contributed by atoms with van der Waals surface area (Å²) in [6, 6.07) is 0. The fraction of sp³-hybridized carbons (Fsp3) is 1.00. The Bertz CT molecular complexity index is 222. The maximum Gasteiger partial charge on any atom is 0.0639 e. The molecular weight excluding hydrogens is 286 g/mol. The Morgan fingerprint density at radius 3 is 1.30 bits per heavy atom. The van der Waals surface area contributed by atoms with Gasteiger partial charge in [-0.2, -0.15) is 0 Å². The molecule has 140 valence electrons. The van der Waals surface area contributed by atoms with Gasteiger partial charge in [0, 0.05) is 13.1 Å². The van der Waals surface area contributed by atoms with Crippen LogP contribution in [0.4, 0.5) is 0 Å². The minimum Gasteiger partial charge on any atom is -0.392 e. The molecule has 2 atom stereocenters. The van der Waals surface area contributed by atoms with Crippen molar-refractivity contribution in [3.05, 3.63) is 0 Å². The van der Waals surface area contributed by atoms with Crippen molar-refractivity contribution in [3.8, 4) is 0 Å². The zero-order valence-corrected chi connectivity index (χ0v) is 16.1. The van der Waals surface area contributed by atoms with Crippen LogP contribution in [-0.4, -0.2) is 47.0 Å². The van der Waals surface area contributed by atoms with Crippen molar-refractivity contribution in [2.75, 3.05) is 19.6 Å². The maximum atomic E-state index is 9.50. The van der Waals surface area contributed by atoms with Crippen molar-refractivity contribution in [1.82, 2.24) is 4.90 Å². The number of rotatable bonds is 17. The van der Waals surface area contributed by atoms with Gasteiger partial charge in [0.1, 0.15) is 0 Å². The SMILES string of the molecule is CCCCCCCCCCCCCCN(CC(C)O)CC(C)O. The molecule has 0 radical (unpaired) electrons. The third-order valence-corrected chi connectivity index (χ3v) is 4.37. The van der Waals surface area contributed by atoms with Gasteiger partial charge in [-0.1, -0.05) is 77.6 Å². The van der Waals surface area contributed by atoms with Crippen molar-refractivity contribution in [2.24, 2.45) is 0 Å². The summed E-state index contributed by atoms with van der Waals surface area (Å²) in [6.07, 6.45) is 15.7. The summed E-state index contributed by atoms with van der Waals surface area (Å²) in [5, 5.41) is 19.0. The number of aliphatic hydroxyl groups excluding tert-OH is 2. The van der Waals surface area contributed by atoms with Gasteiger partial charge >= 0.3 is 0 Å². The van der Waals surface area contributed by atoms with Crippen LogP contribution in [0.15, 0.2) is 0 Å². The molecule has 23 heavy (non-hydrogen) atoms. The second kappa shape index (κ2) is 16.7. The van der Waals surface area contributed by atoms with Crippen molar-refractivity contribution < 1.29 is 10.2 Å². The molecule has 0 rings (SSSR count). The van der Waals surface area contributed by atoms with Gasteiger partial charge in [0.15, 0.2) is 0 Å². The molecule has 0 bridgehead atoms. The number of unbranched alkanes of at least 4 members (excludes halogenated alkanes) is 11. The highest BCUT2D eigenvalue weighted by atomic mass is 16.3. The van der Waals surface area contributed by atoms with E-state index in [0.29, 0.717) is 13.1 Å². The molecule has 0 aromatic carbocycles. The topological polar surface area (TPSA) is 43.7 Å². The lowest BCUT2D eigenvalue weighted by molar-refractivity contribution is 0.0825. The molecule has 0 aliphatic heterocycles. The highest BCUT2D eigenvalue weighted by molar-refractivity contribution is 4.64. The van der Waals surface area contributed by atoms with Crippen LogP contribution >= 0.6 is 0 Å². The lowest BCUT2D eigenvalue weighted by atomic mass is 10.1. The van der Waals surface area contributed by atoms with E-state index in [0.717, 1.165) is 6.54 Å². The molecule has 0 spiro atoms. The monoisotopic (exact) mass is 329 g/mol. The summed E-state index contributed by atoms with van der Waals surface area (Å²) in [5.74, 6) is 0. The van der Waals surface area contributed by atoms with E-state index in [1.54, 1.807) is 0 Å². The summed E-state index contributed by atoms with van der Waals surface area (Å²) >= 11 is 0. The summed E-state index contributed by atoms with van der Waals surface area (Å²) in [6.45, 7) is 8.24. The first-order chi connectivity index (χ1) is 11.1.